The molecule has 1 unspecified atom stereocenters. The molecule has 1 atom stereocenters. The van der Waals surface area contributed by atoms with Gasteiger partial charge in [-0.2, -0.15) is 0 Å². The van der Waals surface area contributed by atoms with Gasteiger partial charge >= 0.3 is 0 Å². The Morgan fingerprint density at radius 2 is 2.06 bits per heavy atom. The van der Waals surface area contributed by atoms with E-state index in [1.807, 2.05) is 0 Å². The third-order valence-corrected chi connectivity index (χ3v) is 3.41. The number of methoxy groups -OCH3 is 1. The largest absolute Gasteiger partial charge is 0.383 e. The summed E-state index contributed by atoms with van der Waals surface area (Å²) in [5.41, 5.74) is 0. The Bertz CT molecular complexity index is 167. The number of piperidine rings is 1. The first-order valence-electron chi connectivity index (χ1n) is 6.71. The zero-order valence-corrected chi connectivity index (χ0v) is 11.2. The van der Waals surface area contributed by atoms with Crippen molar-refractivity contribution in [3.05, 3.63) is 0 Å². The molecule has 0 bridgehead atoms. The van der Waals surface area contributed by atoms with Crippen LogP contribution in [0.4, 0.5) is 0 Å². The first-order chi connectivity index (χ1) is 7.76. The van der Waals surface area contributed by atoms with Crippen LogP contribution in [-0.2, 0) is 4.74 Å². The lowest BCUT2D eigenvalue weighted by Gasteiger charge is -2.33. The highest BCUT2D eigenvalue weighted by Gasteiger charge is 2.18. The molecule has 1 aliphatic heterocycles. The van der Waals surface area contributed by atoms with Crippen molar-refractivity contribution in [2.24, 2.45) is 5.92 Å². The van der Waals surface area contributed by atoms with Gasteiger partial charge in [0.2, 0.25) is 0 Å². The molecule has 16 heavy (non-hydrogen) atoms. The van der Waals surface area contributed by atoms with Crippen molar-refractivity contribution >= 4 is 0 Å². The Morgan fingerprint density at radius 1 is 1.38 bits per heavy atom. The Hall–Kier alpha value is -0.120. The quantitative estimate of drug-likeness (QED) is 0.718. The summed E-state index contributed by atoms with van der Waals surface area (Å²) in [4.78, 5) is 2.58. The van der Waals surface area contributed by atoms with Crippen LogP contribution in [0.15, 0.2) is 0 Å². The van der Waals surface area contributed by atoms with Gasteiger partial charge < -0.3 is 15.0 Å². The fourth-order valence-electron chi connectivity index (χ4n) is 2.28. The van der Waals surface area contributed by atoms with Crippen molar-refractivity contribution in [2.45, 2.75) is 39.2 Å². The maximum absolute atomic E-state index is 5.27. The number of nitrogens with zero attached hydrogens (tertiary/aromatic N) is 1. The van der Waals surface area contributed by atoms with E-state index in [4.69, 9.17) is 4.74 Å². The SMILES string of the molecule is CCCNC(COC)CN1CCC(C)CC1. The second-order valence-corrected chi connectivity index (χ2v) is 5.09. The topological polar surface area (TPSA) is 24.5 Å². The van der Waals surface area contributed by atoms with Crippen LogP contribution in [0.5, 0.6) is 0 Å². The van der Waals surface area contributed by atoms with E-state index in [-0.39, 0.29) is 0 Å². The smallest absolute Gasteiger partial charge is 0.0628 e. The Labute approximate surface area is 101 Å². The van der Waals surface area contributed by atoms with Gasteiger partial charge in [0.25, 0.3) is 0 Å². The minimum absolute atomic E-state index is 0.498. The van der Waals surface area contributed by atoms with Crippen LogP contribution in [0.3, 0.4) is 0 Å². The van der Waals surface area contributed by atoms with E-state index >= 15 is 0 Å². The Balaban J connectivity index is 2.24. The van der Waals surface area contributed by atoms with Gasteiger partial charge in [0.05, 0.1) is 6.61 Å². The number of rotatable bonds is 7. The molecule has 3 heteroatoms. The summed E-state index contributed by atoms with van der Waals surface area (Å²) in [6, 6.07) is 0.498. The van der Waals surface area contributed by atoms with Crippen LogP contribution in [-0.4, -0.2) is 50.8 Å². The molecular formula is C13H28N2O. The molecule has 0 spiro atoms. The number of hydrogen-bond acceptors (Lipinski definition) is 3. The molecule has 0 aliphatic carbocycles. The van der Waals surface area contributed by atoms with Crippen LogP contribution >= 0.6 is 0 Å². The Morgan fingerprint density at radius 3 is 2.62 bits per heavy atom. The molecule has 1 aliphatic rings. The predicted octanol–water partition coefficient (Wildman–Crippen LogP) is 1.73. The number of nitrogens with one attached hydrogen (secondary N) is 1. The van der Waals surface area contributed by atoms with E-state index in [9.17, 15) is 0 Å². The van der Waals surface area contributed by atoms with Crippen molar-refractivity contribution in [3.8, 4) is 0 Å². The summed E-state index contributed by atoms with van der Waals surface area (Å²) in [5, 5.41) is 3.56. The summed E-state index contributed by atoms with van der Waals surface area (Å²) in [6.07, 6.45) is 3.90. The molecule has 1 saturated heterocycles. The summed E-state index contributed by atoms with van der Waals surface area (Å²) in [6.45, 7) is 10.1. The molecular weight excluding hydrogens is 200 g/mol. The van der Waals surface area contributed by atoms with Crippen LogP contribution in [0, 0.1) is 5.92 Å². The van der Waals surface area contributed by atoms with Crippen LogP contribution in [0.1, 0.15) is 33.1 Å². The molecule has 0 aromatic heterocycles. The third kappa shape index (κ3) is 5.28. The molecule has 0 saturated carbocycles. The van der Waals surface area contributed by atoms with Crippen molar-refractivity contribution in [2.75, 3.05) is 39.9 Å². The van der Waals surface area contributed by atoms with Gasteiger partial charge in [0.15, 0.2) is 0 Å². The van der Waals surface area contributed by atoms with Crippen molar-refractivity contribution in [3.63, 3.8) is 0 Å². The molecule has 3 nitrogen and oxygen atoms in total. The zero-order valence-electron chi connectivity index (χ0n) is 11.2. The lowest BCUT2D eigenvalue weighted by Crippen LogP contribution is -2.46. The van der Waals surface area contributed by atoms with Crippen LogP contribution < -0.4 is 5.32 Å². The van der Waals surface area contributed by atoms with Gasteiger partial charge in [-0.25, -0.2) is 0 Å². The average molecular weight is 228 g/mol. The van der Waals surface area contributed by atoms with Gasteiger partial charge in [-0.1, -0.05) is 13.8 Å². The Kier molecular flexibility index (Phi) is 7.01. The molecule has 0 radical (unpaired) electrons. The molecule has 1 rings (SSSR count). The van der Waals surface area contributed by atoms with E-state index < -0.39 is 0 Å². The number of hydrogen-bond donors (Lipinski definition) is 1. The summed E-state index contributed by atoms with van der Waals surface area (Å²) < 4.78 is 5.27. The highest BCUT2D eigenvalue weighted by Crippen LogP contribution is 2.15. The van der Waals surface area contributed by atoms with Crippen molar-refractivity contribution in [1.29, 1.82) is 0 Å². The second-order valence-electron chi connectivity index (χ2n) is 5.09. The normalized spacial score (nSPS) is 21.2. The second kappa shape index (κ2) is 8.04. The highest BCUT2D eigenvalue weighted by atomic mass is 16.5. The summed E-state index contributed by atoms with van der Waals surface area (Å²) in [7, 11) is 1.79. The molecule has 96 valence electrons. The highest BCUT2D eigenvalue weighted by molar-refractivity contribution is 4.76. The molecule has 1 N–H and O–H groups in total. The molecule has 1 fully saturated rings. The van der Waals surface area contributed by atoms with E-state index in [1.165, 1.54) is 32.4 Å². The lowest BCUT2D eigenvalue weighted by molar-refractivity contribution is 0.120. The molecule has 0 aromatic carbocycles. The molecule has 0 aromatic rings. The maximum atomic E-state index is 5.27. The first-order valence-corrected chi connectivity index (χ1v) is 6.71. The fraction of sp³-hybridized carbons (Fsp3) is 1.00. The number of ether oxygens (including phenoxy) is 1. The molecule has 1 heterocycles. The third-order valence-electron chi connectivity index (χ3n) is 3.41. The van der Waals surface area contributed by atoms with Gasteiger partial charge in [-0.15, -0.1) is 0 Å². The van der Waals surface area contributed by atoms with Gasteiger partial charge in [0, 0.05) is 19.7 Å². The maximum Gasteiger partial charge on any atom is 0.0628 e. The standard InChI is InChI=1S/C13H28N2O/c1-4-7-14-13(11-16-3)10-15-8-5-12(2)6-9-15/h12-14H,4-11H2,1-3H3. The average Bonchev–Trinajstić information content (AvgIpc) is 2.29. The summed E-state index contributed by atoms with van der Waals surface area (Å²) in [5.74, 6) is 0.917. The van der Waals surface area contributed by atoms with E-state index in [0.717, 1.165) is 25.6 Å². The van der Waals surface area contributed by atoms with Crippen LogP contribution in [0.2, 0.25) is 0 Å². The fourth-order valence-corrected chi connectivity index (χ4v) is 2.28. The minimum atomic E-state index is 0.498. The van der Waals surface area contributed by atoms with Gasteiger partial charge in [0.1, 0.15) is 0 Å². The first kappa shape index (κ1) is 13.9. The monoisotopic (exact) mass is 228 g/mol. The molecule has 0 amide bonds. The predicted molar refractivity (Wildman–Crippen MR) is 68.8 cm³/mol. The van der Waals surface area contributed by atoms with E-state index in [1.54, 1.807) is 7.11 Å². The minimum Gasteiger partial charge on any atom is -0.383 e. The lowest BCUT2D eigenvalue weighted by atomic mass is 9.99. The van der Waals surface area contributed by atoms with E-state index in [2.05, 4.69) is 24.1 Å². The van der Waals surface area contributed by atoms with Crippen LogP contribution in [0.25, 0.3) is 0 Å². The summed E-state index contributed by atoms with van der Waals surface area (Å²) >= 11 is 0. The van der Waals surface area contributed by atoms with Gasteiger partial charge in [-0.05, 0) is 44.8 Å². The van der Waals surface area contributed by atoms with E-state index in [0.29, 0.717) is 6.04 Å². The zero-order chi connectivity index (χ0) is 11.8. The van der Waals surface area contributed by atoms with Crippen molar-refractivity contribution in [1.82, 2.24) is 10.2 Å². The van der Waals surface area contributed by atoms with Crippen molar-refractivity contribution < 1.29 is 4.74 Å². The van der Waals surface area contributed by atoms with Gasteiger partial charge in [-0.3, -0.25) is 0 Å². The number of likely N-dealkylation sites (tertiary alicyclic amines) is 1.